The molecule has 0 aliphatic heterocycles. The third-order valence-corrected chi connectivity index (χ3v) is 1.99. The lowest BCUT2D eigenvalue weighted by atomic mass is 10.8. The number of hydrogen-bond donors (Lipinski definition) is 1. The molecule has 1 nitrogen and oxygen atoms in total. The fourth-order valence-corrected chi connectivity index (χ4v) is 1.07. The van der Waals surface area contributed by atoms with Gasteiger partial charge in [0.05, 0.1) is 0 Å². The quantitative estimate of drug-likeness (QED) is 0.467. The molecule has 0 rings (SSSR count). The Morgan fingerprint density at radius 2 is 2.14 bits per heavy atom. The van der Waals surface area contributed by atoms with Crippen molar-refractivity contribution in [3.63, 3.8) is 0 Å². The van der Waals surface area contributed by atoms with Crippen molar-refractivity contribution in [2.24, 2.45) is 0 Å². The third-order valence-electron chi connectivity index (χ3n) is 0.549. The molecule has 0 aromatic carbocycles. The van der Waals surface area contributed by atoms with Crippen molar-refractivity contribution in [1.29, 1.82) is 0 Å². The first-order valence-electron chi connectivity index (χ1n) is 2.40. The van der Waals surface area contributed by atoms with Gasteiger partial charge >= 0.3 is 0 Å². The molecule has 0 radical (unpaired) electrons. The van der Waals surface area contributed by atoms with Crippen molar-refractivity contribution in [2.45, 2.75) is 13.8 Å². The van der Waals surface area contributed by atoms with Crippen LogP contribution in [-0.2, 0) is 0 Å². The predicted molar refractivity (Wildman–Crippen MR) is 39.5 cm³/mol. The second-order valence-corrected chi connectivity index (χ2v) is 3.12. The predicted octanol–water partition coefficient (Wildman–Crippen LogP) is 1.82. The van der Waals surface area contributed by atoms with Crippen molar-refractivity contribution >= 4 is 24.8 Å². The van der Waals surface area contributed by atoms with E-state index in [9.17, 15) is 0 Å². The molecule has 0 spiro atoms. The van der Waals surface area contributed by atoms with Crippen LogP contribution in [0.3, 0.4) is 0 Å². The van der Waals surface area contributed by atoms with Crippen molar-refractivity contribution in [1.82, 2.24) is 3.71 Å². The van der Waals surface area contributed by atoms with Gasteiger partial charge in [0.2, 0.25) is 0 Å². The first kappa shape index (κ1) is 7.66. The second-order valence-electron chi connectivity index (χ2n) is 1.09. The monoisotopic (exact) mass is 137 g/mol. The molecule has 0 amide bonds. The lowest BCUT2D eigenvalue weighted by Crippen LogP contribution is -1.99. The van der Waals surface area contributed by atoms with E-state index in [1.807, 2.05) is 3.71 Å². The summed E-state index contributed by atoms with van der Waals surface area (Å²) in [6, 6.07) is 0. The SMILES string of the molecule is CCSN(S)CC. The second kappa shape index (κ2) is 4.81. The van der Waals surface area contributed by atoms with Crippen LogP contribution in [0.2, 0.25) is 0 Å². The summed E-state index contributed by atoms with van der Waals surface area (Å²) < 4.78 is 1.92. The Balaban J connectivity index is 2.83. The molecule has 0 fully saturated rings. The molecule has 0 heterocycles. The minimum absolute atomic E-state index is 1.00. The average molecular weight is 137 g/mol. The van der Waals surface area contributed by atoms with Crippen LogP contribution in [0.4, 0.5) is 0 Å². The van der Waals surface area contributed by atoms with Gasteiger partial charge in [0.25, 0.3) is 0 Å². The van der Waals surface area contributed by atoms with Crippen LogP contribution in [0.15, 0.2) is 0 Å². The zero-order chi connectivity index (χ0) is 5.70. The molecule has 44 valence electrons. The Morgan fingerprint density at radius 1 is 1.57 bits per heavy atom. The van der Waals surface area contributed by atoms with Gasteiger partial charge in [-0.25, -0.2) is 0 Å². The van der Waals surface area contributed by atoms with Crippen LogP contribution in [0.25, 0.3) is 0 Å². The van der Waals surface area contributed by atoms with Crippen molar-refractivity contribution in [2.75, 3.05) is 12.3 Å². The normalized spacial score (nSPS) is 10.3. The summed E-state index contributed by atoms with van der Waals surface area (Å²) in [5, 5.41) is 0. The average Bonchev–Trinajstić information content (AvgIpc) is 1.68. The van der Waals surface area contributed by atoms with Crippen LogP contribution in [0.1, 0.15) is 13.8 Å². The smallest absolute Gasteiger partial charge is 0.0171 e. The Hall–Kier alpha value is 0.660. The maximum absolute atomic E-state index is 4.11. The van der Waals surface area contributed by atoms with E-state index in [1.165, 1.54) is 0 Å². The van der Waals surface area contributed by atoms with Crippen LogP contribution in [-0.4, -0.2) is 16.0 Å². The van der Waals surface area contributed by atoms with Gasteiger partial charge in [0, 0.05) is 12.3 Å². The van der Waals surface area contributed by atoms with E-state index >= 15 is 0 Å². The largest absolute Gasteiger partial charge is 0.197 e. The Morgan fingerprint density at radius 3 is 2.29 bits per heavy atom. The molecule has 0 atom stereocenters. The highest BCUT2D eigenvalue weighted by atomic mass is 32.2. The maximum Gasteiger partial charge on any atom is 0.0171 e. The summed E-state index contributed by atoms with van der Waals surface area (Å²) >= 11 is 5.84. The molecule has 0 aliphatic carbocycles. The van der Waals surface area contributed by atoms with Crippen LogP contribution >= 0.6 is 24.8 Å². The highest BCUT2D eigenvalue weighted by Gasteiger charge is 1.88. The molecule has 0 N–H and O–H groups in total. The fourth-order valence-electron chi connectivity index (χ4n) is 0.240. The molecule has 3 heteroatoms. The third kappa shape index (κ3) is 4.51. The Labute approximate surface area is 55.1 Å². The molecule has 0 bridgehead atoms. The van der Waals surface area contributed by atoms with Crippen molar-refractivity contribution < 1.29 is 0 Å². The first-order chi connectivity index (χ1) is 3.31. The lowest BCUT2D eigenvalue weighted by molar-refractivity contribution is 0.798. The zero-order valence-electron chi connectivity index (χ0n) is 4.72. The van der Waals surface area contributed by atoms with Gasteiger partial charge in [-0.1, -0.05) is 38.6 Å². The van der Waals surface area contributed by atoms with Crippen LogP contribution < -0.4 is 0 Å². The first-order valence-corrected chi connectivity index (χ1v) is 3.74. The van der Waals surface area contributed by atoms with Gasteiger partial charge in [-0.05, 0) is 0 Å². The molecule has 0 saturated carbocycles. The number of hydrogen-bond acceptors (Lipinski definition) is 3. The van der Waals surface area contributed by atoms with E-state index in [-0.39, 0.29) is 0 Å². The van der Waals surface area contributed by atoms with Gasteiger partial charge in [-0.2, -0.15) is 3.71 Å². The van der Waals surface area contributed by atoms with Crippen molar-refractivity contribution in [3.8, 4) is 0 Å². The Kier molecular flexibility index (Phi) is 5.26. The summed E-state index contributed by atoms with van der Waals surface area (Å²) in [6.45, 7) is 5.20. The van der Waals surface area contributed by atoms with Gasteiger partial charge in [-0.15, -0.1) is 0 Å². The topological polar surface area (TPSA) is 3.24 Å². The van der Waals surface area contributed by atoms with Gasteiger partial charge < -0.3 is 0 Å². The fraction of sp³-hybridized carbons (Fsp3) is 1.00. The highest BCUT2D eigenvalue weighted by Crippen LogP contribution is 2.09. The lowest BCUT2D eigenvalue weighted by Gasteiger charge is -2.07. The minimum Gasteiger partial charge on any atom is -0.197 e. The van der Waals surface area contributed by atoms with E-state index in [2.05, 4.69) is 26.7 Å². The molecule has 7 heavy (non-hydrogen) atoms. The van der Waals surface area contributed by atoms with E-state index in [4.69, 9.17) is 0 Å². The summed E-state index contributed by atoms with van der Waals surface area (Å²) in [6.07, 6.45) is 0. The number of thiol groups is 1. The minimum atomic E-state index is 1.00. The Bertz CT molecular complexity index is 40.7. The highest BCUT2D eigenvalue weighted by molar-refractivity contribution is 8.05. The van der Waals surface area contributed by atoms with E-state index in [0.717, 1.165) is 12.3 Å². The zero-order valence-corrected chi connectivity index (χ0v) is 6.43. The molecule has 0 saturated heterocycles. The van der Waals surface area contributed by atoms with Gasteiger partial charge in [0.1, 0.15) is 0 Å². The summed E-state index contributed by atoms with van der Waals surface area (Å²) in [5.41, 5.74) is 0. The molecular formula is C4H11NS2. The number of nitrogens with zero attached hydrogens (tertiary/aromatic N) is 1. The molecule has 0 aliphatic rings. The van der Waals surface area contributed by atoms with Crippen LogP contribution in [0.5, 0.6) is 0 Å². The maximum atomic E-state index is 4.11. The summed E-state index contributed by atoms with van der Waals surface area (Å²) in [5.74, 6) is 1.11. The van der Waals surface area contributed by atoms with Crippen molar-refractivity contribution in [3.05, 3.63) is 0 Å². The van der Waals surface area contributed by atoms with E-state index < -0.39 is 0 Å². The molecule has 0 aromatic rings. The molecule has 0 unspecified atom stereocenters. The standard InChI is InChI=1S/C4H11NS2/c1-3-5(6)7-4-2/h6H,3-4H2,1-2H3. The summed E-state index contributed by atoms with van der Waals surface area (Å²) in [7, 11) is 0. The molecular weight excluding hydrogens is 126 g/mol. The van der Waals surface area contributed by atoms with Crippen LogP contribution in [0, 0.1) is 0 Å². The van der Waals surface area contributed by atoms with E-state index in [0.29, 0.717) is 0 Å². The number of rotatable bonds is 3. The molecule has 0 aromatic heterocycles. The summed E-state index contributed by atoms with van der Waals surface area (Å²) in [4.78, 5) is 0. The van der Waals surface area contributed by atoms with Gasteiger partial charge in [0.15, 0.2) is 0 Å². The van der Waals surface area contributed by atoms with E-state index in [1.54, 1.807) is 11.9 Å². The van der Waals surface area contributed by atoms with Gasteiger partial charge in [-0.3, -0.25) is 0 Å².